The average molecular weight is 201 g/mol. The monoisotopic (exact) mass is 201 g/mol. The number of hydrogen-bond donors (Lipinski definition) is 1. The van der Waals surface area contributed by atoms with E-state index in [2.05, 4.69) is 22.5 Å². The van der Waals surface area contributed by atoms with Gasteiger partial charge in [-0.15, -0.1) is 0 Å². The lowest BCUT2D eigenvalue weighted by molar-refractivity contribution is 0.771. The van der Waals surface area contributed by atoms with Crippen molar-refractivity contribution in [2.24, 2.45) is 0 Å². The Labute approximate surface area is 89.6 Å². The minimum atomic E-state index is 0.788. The van der Waals surface area contributed by atoms with Gasteiger partial charge in [0, 0.05) is 30.2 Å². The number of anilines is 1. The van der Waals surface area contributed by atoms with Gasteiger partial charge < -0.3 is 10.3 Å². The van der Waals surface area contributed by atoms with Gasteiger partial charge in [-0.2, -0.15) is 0 Å². The predicted molar refractivity (Wildman–Crippen MR) is 62.5 cm³/mol. The number of aryl methyl sites for hydroxylation is 2. The van der Waals surface area contributed by atoms with Crippen molar-refractivity contribution in [1.82, 2.24) is 9.55 Å². The standard InChI is InChI=1S/C12H15N3/c1-3-15-5-4-14-12(15)10-6-9(2)7-11(13)8-10/h4-8H,3,13H2,1-2H3. The minimum Gasteiger partial charge on any atom is -0.399 e. The molecule has 0 unspecified atom stereocenters. The van der Waals surface area contributed by atoms with Crippen LogP contribution in [0, 0.1) is 6.92 Å². The molecule has 1 heterocycles. The van der Waals surface area contributed by atoms with Crippen LogP contribution in [0.3, 0.4) is 0 Å². The fourth-order valence-corrected chi connectivity index (χ4v) is 1.77. The maximum atomic E-state index is 5.82. The molecule has 15 heavy (non-hydrogen) atoms. The summed E-state index contributed by atoms with van der Waals surface area (Å²) in [6.45, 7) is 5.06. The number of rotatable bonds is 2. The molecule has 1 aromatic heterocycles. The topological polar surface area (TPSA) is 43.8 Å². The van der Waals surface area contributed by atoms with E-state index in [0.717, 1.165) is 29.2 Å². The molecule has 0 fully saturated rings. The largest absolute Gasteiger partial charge is 0.399 e. The number of hydrogen-bond acceptors (Lipinski definition) is 2. The van der Waals surface area contributed by atoms with Gasteiger partial charge in [0.15, 0.2) is 0 Å². The highest BCUT2D eigenvalue weighted by Crippen LogP contribution is 2.21. The van der Waals surface area contributed by atoms with Gasteiger partial charge in [0.1, 0.15) is 5.82 Å². The van der Waals surface area contributed by atoms with E-state index in [1.54, 1.807) is 0 Å². The number of nitrogens with two attached hydrogens (primary N) is 1. The van der Waals surface area contributed by atoms with E-state index in [1.807, 2.05) is 31.5 Å². The molecular formula is C12H15N3. The molecular weight excluding hydrogens is 186 g/mol. The van der Waals surface area contributed by atoms with E-state index in [9.17, 15) is 0 Å². The van der Waals surface area contributed by atoms with Crippen LogP contribution in [0.5, 0.6) is 0 Å². The summed E-state index contributed by atoms with van der Waals surface area (Å²) in [6, 6.07) is 6.02. The maximum Gasteiger partial charge on any atom is 0.139 e. The first kappa shape index (κ1) is 9.77. The number of nitrogens with zero attached hydrogens (tertiary/aromatic N) is 2. The van der Waals surface area contributed by atoms with E-state index in [1.165, 1.54) is 0 Å². The molecule has 3 nitrogen and oxygen atoms in total. The molecule has 3 heteroatoms. The number of nitrogen functional groups attached to an aromatic ring is 1. The minimum absolute atomic E-state index is 0.788. The number of aromatic nitrogens is 2. The second kappa shape index (κ2) is 3.77. The Bertz CT molecular complexity index is 451. The van der Waals surface area contributed by atoms with Crippen LogP contribution in [0.1, 0.15) is 12.5 Å². The first-order chi connectivity index (χ1) is 7.20. The van der Waals surface area contributed by atoms with Crippen molar-refractivity contribution in [3.05, 3.63) is 36.2 Å². The zero-order chi connectivity index (χ0) is 10.8. The Morgan fingerprint density at radius 1 is 1.33 bits per heavy atom. The molecule has 0 radical (unpaired) electrons. The zero-order valence-electron chi connectivity index (χ0n) is 9.07. The maximum absolute atomic E-state index is 5.82. The van der Waals surface area contributed by atoms with Crippen LogP contribution in [-0.4, -0.2) is 9.55 Å². The van der Waals surface area contributed by atoms with Crippen molar-refractivity contribution < 1.29 is 0 Å². The molecule has 2 aromatic rings. The average Bonchev–Trinajstić information content (AvgIpc) is 2.63. The quantitative estimate of drug-likeness (QED) is 0.758. The Morgan fingerprint density at radius 3 is 2.80 bits per heavy atom. The Balaban J connectivity index is 2.53. The third-order valence-electron chi connectivity index (χ3n) is 2.41. The Hall–Kier alpha value is -1.77. The molecule has 2 rings (SSSR count). The summed E-state index contributed by atoms with van der Waals surface area (Å²) in [6.07, 6.45) is 3.80. The van der Waals surface area contributed by atoms with Crippen molar-refractivity contribution in [1.29, 1.82) is 0 Å². The highest BCUT2D eigenvalue weighted by molar-refractivity contribution is 5.63. The van der Waals surface area contributed by atoms with Gasteiger partial charge in [0.2, 0.25) is 0 Å². The van der Waals surface area contributed by atoms with E-state index in [4.69, 9.17) is 5.73 Å². The second-order valence-electron chi connectivity index (χ2n) is 3.67. The third-order valence-corrected chi connectivity index (χ3v) is 2.41. The molecule has 0 aliphatic heterocycles. The zero-order valence-corrected chi connectivity index (χ0v) is 9.07. The summed E-state index contributed by atoms with van der Waals surface area (Å²) in [5.74, 6) is 0.980. The number of imidazole rings is 1. The van der Waals surface area contributed by atoms with E-state index < -0.39 is 0 Å². The molecule has 0 saturated heterocycles. The van der Waals surface area contributed by atoms with Gasteiger partial charge in [0.25, 0.3) is 0 Å². The van der Waals surface area contributed by atoms with Gasteiger partial charge in [-0.3, -0.25) is 0 Å². The summed E-state index contributed by atoms with van der Waals surface area (Å²) in [7, 11) is 0. The van der Waals surface area contributed by atoms with Crippen LogP contribution in [0.4, 0.5) is 5.69 Å². The predicted octanol–water partition coefficient (Wildman–Crippen LogP) is 2.46. The summed E-state index contributed by atoms with van der Waals surface area (Å²) < 4.78 is 2.11. The van der Waals surface area contributed by atoms with Gasteiger partial charge in [-0.25, -0.2) is 4.98 Å². The van der Waals surface area contributed by atoms with Gasteiger partial charge >= 0.3 is 0 Å². The highest BCUT2D eigenvalue weighted by atomic mass is 15.1. The molecule has 0 saturated carbocycles. The van der Waals surface area contributed by atoms with E-state index in [0.29, 0.717) is 0 Å². The smallest absolute Gasteiger partial charge is 0.139 e. The van der Waals surface area contributed by atoms with Gasteiger partial charge in [-0.05, 0) is 37.6 Å². The van der Waals surface area contributed by atoms with Crippen molar-refractivity contribution >= 4 is 5.69 Å². The normalized spacial score (nSPS) is 10.5. The van der Waals surface area contributed by atoms with Gasteiger partial charge in [0.05, 0.1) is 0 Å². The van der Waals surface area contributed by atoms with E-state index in [-0.39, 0.29) is 0 Å². The van der Waals surface area contributed by atoms with Crippen molar-refractivity contribution in [2.45, 2.75) is 20.4 Å². The molecule has 78 valence electrons. The SMILES string of the molecule is CCn1ccnc1-c1cc(C)cc(N)c1. The molecule has 2 N–H and O–H groups in total. The van der Waals surface area contributed by atoms with Crippen LogP contribution in [0.25, 0.3) is 11.4 Å². The van der Waals surface area contributed by atoms with Crippen LogP contribution in [0.2, 0.25) is 0 Å². The summed E-state index contributed by atoms with van der Waals surface area (Å²) in [5, 5.41) is 0. The summed E-state index contributed by atoms with van der Waals surface area (Å²) >= 11 is 0. The lowest BCUT2D eigenvalue weighted by Gasteiger charge is -2.06. The second-order valence-corrected chi connectivity index (χ2v) is 3.67. The Kier molecular flexibility index (Phi) is 2.46. The van der Waals surface area contributed by atoms with Gasteiger partial charge in [-0.1, -0.05) is 0 Å². The first-order valence-electron chi connectivity index (χ1n) is 5.09. The van der Waals surface area contributed by atoms with Crippen molar-refractivity contribution in [3.8, 4) is 11.4 Å². The molecule has 0 spiro atoms. The van der Waals surface area contributed by atoms with Crippen LogP contribution >= 0.6 is 0 Å². The lowest BCUT2D eigenvalue weighted by Crippen LogP contribution is -1.97. The molecule has 1 aromatic carbocycles. The fourth-order valence-electron chi connectivity index (χ4n) is 1.77. The van der Waals surface area contributed by atoms with E-state index >= 15 is 0 Å². The molecule has 0 atom stereocenters. The molecule has 0 aliphatic carbocycles. The summed E-state index contributed by atoms with van der Waals surface area (Å²) in [5.41, 5.74) is 8.85. The molecule has 0 aliphatic rings. The third kappa shape index (κ3) is 1.86. The lowest BCUT2D eigenvalue weighted by atomic mass is 10.1. The number of benzene rings is 1. The summed E-state index contributed by atoms with van der Waals surface area (Å²) in [4.78, 5) is 4.35. The van der Waals surface area contributed by atoms with Crippen LogP contribution in [0.15, 0.2) is 30.6 Å². The molecule has 0 amide bonds. The van der Waals surface area contributed by atoms with Crippen molar-refractivity contribution in [3.63, 3.8) is 0 Å². The van der Waals surface area contributed by atoms with Crippen LogP contribution < -0.4 is 5.73 Å². The van der Waals surface area contributed by atoms with Crippen molar-refractivity contribution in [2.75, 3.05) is 5.73 Å². The highest BCUT2D eigenvalue weighted by Gasteiger charge is 2.05. The van der Waals surface area contributed by atoms with Crippen LogP contribution in [-0.2, 0) is 6.54 Å². The fraction of sp³-hybridized carbons (Fsp3) is 0.250. The molecule has 0 bridgehead atoms. The first-order valence-corrected chi connectivity index (χ1v) is 5.09. The Morgan fingerprint density at radius 2 is 2.13 bits per heavy atom.